The molecule has 2 amide bonds. The normalized spacial score (nSPS) is 14.7. The van der Waals surface area contributed by atoms with Gasteiger partial charge in [0.1, 0.15) is 11.8 Å². The van der Waals surface area contributed by atoms with Crippen molar-refractivity contribution in [1.29, 1.82) is 0 Å². The molecule has 0 aliphatic carbocycles. The number of anilines is 2. The predicted octanol–water partition coefficient (Wildman–Crippen LogP) is 1.63. The van der Waals surface area contributed by atoms with Crippen LogP contribution in [0.25, 0.3) is 0 Å². The zero-order valence-corrected chi connectivity index (χ0v) is 18.6. The number of carbonyl (C=O) groups is 2. The first kappa shape index (κ1) is 22.6. The number of rotatable bonds is 8. The second-order valence-electron chi connectivity index (χ2n) is 8.00. The smallest absolute Gasteiger partial charge is 0.313 e. The van der Waals surface area contributed by atoms with Crippen LogP contribution in [0.3, 0.4) is 0 Å². The van der Waals surface area contributed by atoms with Crippen LogP contribution >= 0.6 is 0 Å². The number of amides is 2. The highest BCUT2D eigenvalue weighted by atomic mass is 16.5. The van der Waals surface area contributed by atoms with Crippen LogP contribution in [0.1, 0.15) is 31.4 Å². The van der Waals surface area contributed by atoms with Crippen molar-refractivity contribution in [3.05, 3.63) is 54.1 Å². The molecule has 1 aliphatic rings. The van der Waals surface area contributed by atoms with E-state index in [0.717, 1.165) is 18.8 Å². The Hall–Kier alpha value is -3.06. The SMILES string of the molecule is CCOc1ccccc1NC(=O)C(=O)NC[C@@H](c1ccc(N(C)C)cc1)[NH+]1CCCC1. The first-order valence-corrected chi connectivity index (χ1v) is 10.9. The number of benzene rings is 2. The fourth-order valence-corrected chi connectivity index (χ4v) is 3.99. The fourth-order valence-electron chi connectivity index (χ4n) is 3.99. The lowest BCUT2D eigenvalue weighted by Crippen LogP contribution is -3.11. The maximum atomic E-state index is 12.5. The fraction of sp³-hybridized carbons (Fsp3) is 0.417. The van der Waals surface area contributed by atoms with Crippen LogP contribution in [0.4, 0.5) is 11.4 Å². The third kappa shape index (κ3) is 5.98. The standard InChI is InChI=1S/C24H32N4O3/c1-4-31-22-10-6-5-9-20(22)26-24(30)23(29)25-17-21(28-15-7-8-16-28)18-11-13-19(14-12-18)27(2)3/h5-6,9-14,21H,4,7-8,15-17H2,1-3H3,(H,25,29)(H,26,30)/p+1/t21-/m0/s1. The van der Waals surface area contributed by atoms with Crippen molar-refractivity contribution in [2.45, 2.75) is 25.8 Å². The molecule has 0 unspecified atom stereocenters. The summed E-state index contributed by atoms with van der Waals surface area (Å²) in [7, 11) is 4.03. The number of hydrogen-bond donors (Lipinski definition) is 3. The van der Waals surface area contributed by atoms with Crippen molar-refractivity contribution in [2.24, 2.45) is 0 Å². The predicted molar refractivity (Wildman–Crippen MR) is 123 cm³/mol. The van der Waals surface area contributed by atoms with E-state index in [1.54, 1.807) is 18.2 Å². The topological polar surface area (TPSA) is 75.1 Å². The molecule has 166 valence electrons. The van der Waals surface area contributed by atoms with Crippen molar-refractivity contribution in [1.82, 2.24) is 5.32 Å². The van der Waals surface area contributed by atoms with Gasteiger partial charge in [0.15, 0.2) is 0 Å². The molecule has 3 N–H and O–H groups in total. The monoisotopic (exact) mass is 425 g/mol. The molecule has 1 fully saturated rings. The van der Waals surface area contributed by atoms with Crippen LogP contribution < -0.4 is 25.2 Å². The molecule has 1 atom stereocenters. The maximum Gasteiger partial charge on any atom is 0.313 e. The van der Waals surface area contributed by atoms with E-state index in [4.69, 9.17) is 4.74 Å². The Morgan fingerprint density at radius 3 is 2.35 bits per heavy atom. The molecule has 0 spiro atoms. The minimum absolute atomic E-state index is 0.117. The summed E-state index contributed by atoms with van der Waals surface area (Å²) in [6.07, 6.45) is 2.37. The molecular weight excluding hydrogens is 392 g/mol. The summed E-state index contributed by atoms with van der Waals surface area (Å²) in [6.45, 7) is 4.91. The van der Waals surface area contributed by atoms with Gasteiger partial charge in [0, 0.05) is 38.2 Å². The van der Waals surface area contributed by atoms with Gasteiger partial charge in [0.05, 0.1) is 31.9 Å². The van der Waals surface area contributed by atoms with Crippen molar-refractivity contribution in [3.63, 3.8) is 0 Å². The maximum absolute atomic E-state index is 12.5. The number of hydrogen-bond acceptors (Lipinski definition) is 4. The van der Waals surface area contributed by atoms with Crippen LogP contribution in [0.15, 0.2) is 48.5 Å². The molecule has 0 saturated carbocycles. The second kappa shape index (κ2) is 10.8. The molecule has 0 bridgehead atoms. The number of nitrogens with zero attached hydrogens (tertiary/aromatic N) is 1. The van der Waals surface area contributed by atoms with Gasteiger partial charge >= 0.3 is 11.8 Å². The summed E-state index contributed by atoms with van der Waals surface area (Å²) < 4.78 is 5.51. The van der Waals surface area contributed by atoms with E-state index in [9.17, 15) is 9.59 Å². The summed E-state index contributed by atoms with van der Waals surface area (Å²) in [5.41, 5.74) is 2.80. The Kier molecular flexibility index (Phi) is 7.89. The van der Waals surface area contributed by atoms with Gasteiger partial charge in [-0.3, -0.25) is 9.59 Å². The average molecular weight is 426 g/mol. The summed E-state index contributed by atoms with van der Waals surface area (Å²) in [6, 6.07) is 15.7. The molecule has 0 aromatic heterocycles. The number of carbonyl (C=O) groups excluding carboxylic acids is 2. The molecular formula is C24H33N4O3+. The van der Waals surface area contributed by atoms with E-state index in [1.807, 2.05) is 27.1 Å². The van der Waals surface area contributed by atoms with Gasteiger partial charge in [-0.25, -0.2) is 0 Å². The zero-order chi connectivity index (χ0) is 22.2. The molecule has 7 heteroatoms. The Labute approximate surface area is 184 Å². The Morgan fingerprint density at radius 1 is 1.03 bits per heavy atom. The van der Waals surface area contributed by atoms with Gasteiger partial charge in [-0.05, 0) is 31.2 Å². The molecule has 0 radical (unpaired) electrons. The molecule has 3 rings (SSSR count). The van der Waals surface area contributed by atoms with Crippen LogP contribution in [-0.4, -0.2) is 52.2 Å². The van der Waals surface area contributed by atoms with Gasteiger partial charge in [0.25, 0.3) is 0 Å². The summed E-state index contributed by atoms with van der Waals surface area (Å²) in [5.74, 6) is -0.781. The quantitative estimate of drug-likeness (QED) is 0.562. The second-order valence-corrected chi connectivity index (χ2v) is 8.00. The van der Waals surface area contributed by atoms with Gasteiger partial charge in [0.2, 0.25) is 0 Å². The van der Waals surface area contributed by atoms with Crippen molar-refractivity contribution in [2.75, 3.05) is 50.6 Å². The third-order valence-corrected chi connectivity index (χ3v) is 5.66. The Morgan fingerprint density at radius 2 is 1.71 bits per heavy atom. The van der Waals surface area contributed by atoms with Gasteiger partial charge in [-0.15, -0.1) is 0 Å². The van der Waals surface area contributed by atoms with Crippen LogP contribution in [0.5, 0.6) is 5.75 Å². The average Bonchev–Trinajstić information content (AvgIpc) is 3.30. The first-order chi connectivity index (χ1) is 15.0. The van der Waals surface area contributed by atoms with E-state index in [-0.39, 0.29) is 6.04 Å². The molecule has 2 aromatic rings. The van der Waals surface area contributed by atoms with E-state index in [1.165, 1.54) is 23.3 Å². The molecule has 2 aromatic carbocycles. The van der Waals surface area contributed by atoms with Gasteiger partial charge in [-0.1, -0.05) is 24.3 Å². The number of ether oxygens (including phenoxy) is 1. The van der Waals surface area contributed by atoms with Crippen molar-refractivity contribution >= 4 is 23.2 Å². The van der Waals surface area contributed by atoms with Crippen molar-refractivity contribution < 1.29 is 19.2 Å². The summed E-state index contributed by atoms with van der Waals surface area (Å²) in [5, 5.41) is 5.50. The lowest BCUT2D eigenvalue weighted by atomic mass is 10.0. The number of likely N-dealkylation sites (tertiary alicyclic amines) is 1. The minimum atomic E-state index is -0.690. The molecule has 7 nitrogen and oxygen atoms in total. The van der Waals surface area contributed by atoms with E-state index < -0.39 is 11.8 Å². The Bertz CT molecular complexity index is 877. The highest BCUT2D eigenvalue weighted by molar-refractivity contribution is 6.39. The highest BCUT2D eigenvalue weighted by Crippen LogP contribution is 2.23. The van der Waals surface area contributed by atoms with Crippen molar-refractivity contribution in [3.8, 4) is 5.75 Å². The molecule has 1 heterocycles. The first-order valence-electron chi connectivity index (χ1n) is 10.9. The summed E-state index contributed by atoms with van der Waals surface area (Å²) >= 11 is 0. The zero-order valence-electron chi connectivity index (χ0n) is 18.6. The number of para-hydroxylation sites is 2. The summed E-state index contributed by atoms with van der Waals surface area (Å²) in [4.78, 5) is 28.5. The lowest BCUT2D eigenvalue weighted by Gasteiger charge is -2.25. The van der Waals surface area contributed by atoms with E-state index in [0.29, 0.717) is 24.6 Å². The van der Waals surface area contributed by atoms with Gasteiger partial charge in [-0.2, -0.15) is 0 Å². The largest absolute Gasteiger partial charge is 0.492 e. The van der Waals surface area contributed by atoms with Crippen LogP contribution in [-0.2, 0) is 9.59 Å². The van der Waals surface area contributed by atoms with E-state index >= 15 is 0 Å². The van der Waals surface area contributed by atoms with Crippen LogP contribution in [0.2, 0.25) is 0 Å². The third-order valence-electron chi connectivity index (χ3n) is 5.66. The number of quaternary nitrogens is 1. The molecule has 1 saturated heterocycles. The molecule has 31 heavy (non-hydrogen) atoms. The minimum Gasteiger partial charge on any atom is -0.492 e. The Balaban J connectivity index is 1.65. The lowest BCUT2D eigenvalue weighted by molar-refractivity contribution is -0.918. The van der Waals surface area contributed by atoms with Gasteiger partial charge < -0.3 is 25.2 Å². The van der Waals surface area contributed by atoms with E-state index in [2.05, 4.69) is 39.8 Å². The highest BCUT2D eigenvalue weighted by Gasteiger charge is 2.28. The number of nitrogens with one attached hydrogen (secondary N) is 3. The van der Waals surface area contributed by atoms with Crippen LogP contribution in [0, 0.1) is 0 Å². The molecule has 1 aliphatic heterocycles.